The number of hydrogen-bond donors (Lipinski definition) is 4. The van der Waals surface area contributed by atoms with Crippen LogP contribution >= 0.6 is 0 Å². The molecule has 1 amide bonds. The third-order valence-corrected chi connectivity index (χ3v) is 12.5. The van der Waals surface area contributed by atoms with Gasteiger partial charge < -0.3 is 15.5 Å². The molecule has 37 heavy (non-hydrogen) atoms. The molecule has 11 atom stereocenters. The molecule has 8 heteroatoms. The van der Waals surface area contributed by atoms with Gasteiger partial charge in [0.15, 0.2) is 0 Å². The minimum absolute atomic E-state index is 0.0609. The zero-order valence-electron chi connectivity index (χ0n) is 23.4. The van der Waals surface area contributed by atoms with Gasteiger partial charge in [0.25, 0.3) is 10.1 Å². The van der Waals surface area contributed by atoms with Crippen LogP contribution in [0.3, 0.4) is 0 Å². The molecule has 0 heterocycles. The minimum Gasteiger partial charge on any atom is -0.393 e. The average molecular weight is 542 g/mol. The van der Waals surface area contributed by atoms with E-state index >= 15 is 0 Å². The first-order chi connectivity index (χ1) is 17.3. The van der Waals surface area contributed by atoms with E-state index in [0.29, 0.717) is 35.5 Å². The van der Waals surface area contributed by atoms with Gasteiger partial charge in [-0.3, -0.25) is 9.35 Å². The van der Waals surface area contributed by atoms with Crippen LogP contribution in [0.25, 0.3) is 0 Å². The zero-order valence-corrected chi connectivity index (χ0v) is 24.2. The van der Waals surface area contributed by atoms with Gasteiger partial charge in [-0.1, -0.05) is 40.5 Å². The maximum atomic E-state index is 12.3. The number of rotatable bonds is 9. The van der Waals surface area contributed by atoms with Crippen molar-refractivity contribution in [2.24, 2.45) is 52.3 Å². The summed E-state index contributed by atoms with van der Waals surface area (Å²) in [4.78, 5) is 12.3. The van der Waals surface area contributed by atoms with Gasteiger partial charge >= 0.3 is 0 Å². The first-order valence-corrected chi connectivity index (χ1v) is 16.5. The fourth-order valence-corrected chi connectivity index (χ4v) is 10.1. The first kappa shape index (κ1) is 29.3. The Bertz CT molecular complexity index is 925. The summed E-state index contributed by atoms with van der Waals surface area (Å²) in [6.07, 6.45) is 10.9. The smallest absolute Gasteiger partial charge is 0.266 e. The molecule has 0 aromatic heterocycles. The van der Waals surface area contributed by atoms with Crippen LogP contribution in [0.4, 0.5) is 0 Å². The highest BCUT2D eigenvalue weighted by Crippen LogP contribution is 2.68. The van der Waals surface area contributed by atoms with Crippen LogP contribution in [0.2, 0.25) is 0 Å². The van der Waals surface area contributed by atoms with Crippen molar-refractivity contribution in [3.63, 3.8) is 0 Å². The highest BCUT2D eigenvalue weighted by molar-refractivity contribution is 7.85. The zero-order chi connectivity index (χ0) is 27.2. The minimum atomic E-state index is -4.06. The van der Waals surface area contributed by atoms with Gasteiger partial charge in [0.1, 0.15) is 0 Å². The molecule has 0 spiro atoms. The fourth-order valence-electron chi connectivity index (χ4n) is 9.73. The van der Waals surface area contributed by atoms with Crippen LogP contribution in [-0.2, 0) is 14.9 Å². The van der Waals surface area contributed by atoms with Crippen molar-refractivity contribution in [1.82, 2.24) is 5.32 Å². The van der Waals surface area contributed by atoms with E-state index in [0.717, 1.165) is 44.9 Å². The molecule has 0 aromatic carbocycles. The Hall–Kier alpha value is -0.700. The molecule has 0 bridgehead atoms. The number of aliphatic hydroxyl groups excluding tert-OH is 2. The van der Waals surface area contributed by atoms with Crippen molar-refractivity contribution in [3.8, 4) is 0 Å². The normalized spacial score (nSPS) is 43.3. The lowest BCUT2D eigenvalue weighted by molar-refractivity contribution is -0.174. The predicted molar refractivity (Wildman–Crippen MR) is 144 cm³/mol. The molecule has 214 valence electrons. The van der Waals surface area contributed by atoms with E-state index in [4.69, 9.17) is 4.55 Å². The average Bonchev–Trinajstić information content (AvgIpc) is 3.16. The lowest BCUT2D eigenvalue weighted by atomic mass is 9.43. The van der Waals surface area contributed by atoms with E-state index in [1.54, 1.807) is 0 Å². The molecule has 0 aromatic rings. The van der Waals surface area contributed by atoms with Gasteiger partial charge in [0, 0.05) is 12.5 Å². The number of amides is 1. The molecule has 4 aliphatic rings. The van der Waals surface area contributed by atoms with E-state index in [2.05, 4.69) is 26.1 Å². The van der Waals surface area contributed by atoms with E-state index in [-0.39, 0.29) is 41.4 Å². The Morgan fingerprint density at radius 3 is 2.35 bits per heavy atom. The van der Waals surface area contributed by atoms with Crippen molar-refractivity contribution in [2.75, 3.05) is 12.3 Å². The van der Waals surface area contributed by atoms with E-state index in [9.17, 15) is 23.4 Å². The molecule has 0 aliphatic heterocycles. The molecule has 4 fully saturated rings. The number of aliphatic hydroxyl groups is 2. The molecule has 0 radical (unpaired) electrons. The van der Waals surface area contributed by atoms with Crippen LogP contribution in [-0.4, -0.2) is 53.6 Å². The Morgan fingerprint density at radius 1 is 0.973 bits per heavy atom. The van der Waals surface area contributed by atoms with Crippen molar-refractivity contribution in [1.29, 1.82) is 0 Å². The predicted octanol–water partition coefficient (Wildman–Crippen LogP) is 4.42. The van der Waals surface area contributed by atoms with E-state index < -0.39 is 15.9 Å². The first-order valence-electron chi connectivity index (χ1n) is 14.8. The van der Waals surface area contributed by atoms with Gasteiger partial charge in [0.2, 0.25) is 5.91 Å². The molecular weight excluding hydrogens is 490 g/mol. The van der Waals surface area contributed by atoms with Gasteiger partial charge in [-0.05, 0) is 104 Å². The Balaban J connectivity index is 1.32. The van der Waals surface area contributed by atoms with Gasteiger partial charge in [-0.25, -0.2) is 0 Å². The maximum Gasteiger partial charge on any atom is 0.266 e. The number of carbonyl (C=O) groups is 1. The Kier molecular flexibility index (Phi) is 8.75. The summed E-state index contributed by atoms with van der Waals surface area (Å²) in [5.74, 6) is 2.39. The summed E-state index contributed by atoms with van der Waals surface area (Å²) in [5.41, 5.74) is 0.518. The van der Waals surface area contributed by atoms with Crippen LogP contribution < -0.4 is 5.32 Å². The van der Waals surface area contributed by atoms with E-state index in [1.807, 2.05) is 6.92 Å². The summed E-state index contributed by atoms with van der Waals surface area (Å²) < 4.78 is 30.5. The highest BCUT2D eigenvalue weighted by atomic mass is 32.2. The molecule has 4 rings (SSSR count). The third kappa shape index (κ3) is 5.92. The molecule has 4 aliphatic carbocycles. The second-order valence-corrected chi connectivity index (χ2v) is 15.4. The molecule has 4 N–H and O–H groups in total. The van der Waals surface area contributed by atoms with Crippen molar-refractivity contribution < 1.29 is 28.0 Å². The Labute approximate surface area is 224 Å². The Morgan fingerprint density at radius 2 is 1.65 bits per heavy atom. The van der Waals surface area contributed by atoms with Crippen LogP contribution in [0.15, 0.2) is 0 Å². The number of carbonyl (C=O) groups excluding carboxylic acids is 1. The van der Waals surface area contributed by atoms with Gasteiger partial charge in [0.05, 0.1) is 18.0 Å². The lowest BCUT2D eigenvalue weighted by Crippen LogP contribution is -2.58. The second kappa shape index (κ2) is 11.1. The summed E-state index contributed by atoms with van der Waals surface area (Å²) >= 11 is 0. The SMILES string of the molecule is CC(CCCC(C)[C@H]1CC[C@H]2[C@@H]3[C@H](O)C[C@@H]4C[C@H](O)CC[C@]4(C)[C@H]3CC[C@]12C)C(=O)NCCS(=O)(=O)O. The summed E-state index contributed by atoms with van der Waals surface area (Å²) in [6.45, 7) is 9.15. The number of hydrogen-bond acceptors (Lipinski definition) is 5. The van der Waals surface area contributed by atoms with Crippen molar-refractivity contribution in [2.45, 2.75) is 111 Å². The molecule has 2 unspecified atom stereocenters. The maximum absolute atomic E-state index is 12.3. The number of nitrogens with one attached hydrogen (secondary N) is 1. The van der Waals surface area contributed by atoms with Gasteiger partial charge in [-0.2, -0.15) is 8.42 Å². The fraction of sp³-hybridized carbons (Fsp3) is 0.966. The monoisotopic (exact) mass is 541 g/mol. The standard InChI is InChI=1S/C29H51NO6S/c1-18(6-5-7-19(2)27(33)30-14-15-37(34,35)36)22-8-9-23-26-24(11-13-29(22,23)4)28(3)12-10-21(31)16-20(28)17-25(26)32/h18-26,31-32H,5-17H2,1-4H3,(H,30,33)(H,34,35,36)/t18?,19?,20-,21+,22+,23-,24-,25+,26-,28-,29+/m0/s1. The van der Waals surface area contributed by atoms with E-state index in [1.165, 1.54) is 25.7 Å². The number of fused-ring (bicyclic) bond motifs is 5. The van der Waals surface area contributed by atoms with Gasteiger partial charge in [-0.15, -0.1) is 0 Å². The summed E-state index contributed by atoms with van der Waals surface area (Å²) in [5, 5.41) is 24.3. The molecular formula is C29H51NO6S. The third-order valence-electron chi connectivity index (χ3n) is 11.8. The molecule has 7 nitrogen and oxygen atoms in total. The van der Waals surface area contributed by atoms with Crippen LogP contribution in [0.5, 0.6) is 0 Å². The molecule has 0 saturated heterocycles. The topological polar surface area (TPSA) is 124 Å². The molecule has 4 saturated carbocycles. The van der Waals surface area contributed by atoms with Crippen molar-refractivity contribution >= 4 is 16.0 Å². The summed E-state index contributed by atoms with van der Waals surface area (Å²) in [7, 11) is -4.06. The summed E-state index contributed by atoms with van der Waals surface area (Å²) in [6, 6.07) is 0. The second-order valence-electron chi connectivity index (χ2n) is 13.8. The van der Waals surface area contributed by atoms with Crippen molar-refractivity contribution in [3.05, 3.63) is 0 Å². The highest BCUT2D eigenvalue weighted by Gasteiger charge is 2.62. The quantitative estimate of drug-likeness (QED) is 0.320. The van der Waals surface area contributed by atoms with Crippen LogP contribution in [0.1, 0.15) is 98.3 Å². The van der Waals surface area contributed by atoms with Crippen LogP contribution in [0, 0.1) is 52.3 Å². The largest absolute Gasteiger partial charge is 0.393 e. The lowest BCUT2D eigenvalue weighted by Gasteiger charge is -2.62.